The molecule has 2 aliphatic rings. The van der Waals surface area contributed by atoms with Crippen LogP contribution in [0.15, 0.2) is 0 Å². The second-order valence-corrected chi connectivity index (χ2v) is 5.49. The van der Waals surface area contributed by atoms with Gasteiger partial charge in [0.25, 0.3) is 0 Å². The zero-order valence-electron chi connectivity index (χ0n) is 9.13. The maximum absolute atomic E-state index is 2.70. The van der Waals surface area contributed by atoms with Gasteiger partial charge in [-0.25, -0.2) is 0 Å². The number of fused-ring (bicyclic) bond motifs is 2. The predicted molar refractivity (Wildman–Crippen MR) is 56.7 cm³/mol. The molecule has 0 radical (unpaired) electrons. The van der Waals surface area contributed by atoms with E-state index in [0.29, 0.717) is 0 Å². The lowest BCUT2D eigenvalue weighted by Crippen LogP contribution is -2.32. The SMILES string of the molecule is CC(C)CN1CCC2CCC(C2)C1. The second kappa shape index (κ2) is 4.00. The molecular weight excluding hydrogens is 158 g/mol. The van der Waals surface area contributed by atoms with Crippen LogP contribution >= 0.6 is 0 Å². The van der Waals surface area contributed by atoms with E-state index >= 15 is 0 Å². The lowest BCUT2D eigenvalue weighted by Gasteiger charge is -2.26. The summed E-state index contributed by atoms with van der Waals surface area (Å²) < 4.78 is 0. The van der Waals surface area contributed by atoms with Gasteiger partial charge >= 0.3 is 0 Å². The summed E-state index contributed by atoms with van der Waals surface area (Å²) in [6, 6.07) is 0. The van der Waals surface area contributed by atoms with E-state index in [1.54, 1.807) is 0 Å². The minimum absolute atomic E-state index is 0.844. The fourth-order valence-electron chi connectivity index (χ4n) is 3.11. The first-order valence-electron chi connectivity index (χ1n) is 5.96. The molecule has 1 heterocycles. The highest BCUT2D eigenvalue weighted by atomic mass is 15.1. The monoisotopic (exact) mass is 181 g/mol. The maximum atomic E-state index is 2.70. The summed E-state index contributed by atoms with van der Waals surface area (Å²) in [4.78, 5) is 2.70. The molecule has 0 spiro atoms. The predicted octanol–water partition coefficient (Wildman–Crippen LogP) is 2.76. The van der Waals surface area contributed by atoms with Gasteiger partial charge in [0, 0.05) is 13.1 Å². The van der Waals surface area contributed by atoms with Crippen molar-refractivity contribution in [2.75, 3.05) is 19.6 Å². The Hall–Kier alpha value is -0.0400. The van der Waals surface area contributed by atoms with Crippen LogP contribution in [0.2, 0.25) is 0 Å². The van der Waals surface area contributed by atoms with E-state index in [1.165, 1.54) is 45.3 Å². The number of likely N-dealkylation sites (tertiary alicyclic amines) is 1. The minimum atomic E-state index is 0.844. The van der Waals surface area contributed by atoms with Crippen LogP contribution < -0.4 is 0 Å². The summed E-state index contributed by atoms with van der Waals surface area (Å²) >= 11 is 0. The molecule has 1 saturated heterocycles. The van der Waals surface area contributed by atoms with E-state index in [4.69, 9.17) is 0 Å². The Bertz CT molecular complexity index is 165. The van der Waals surface area contributed by atoms with E-state index < -0.39 is 0 Å². The highest BCUT2D eigenvalue weighted by Gasteiger charge is 2.29. The Labute approximate surface area is 82.5 Å². The standard InChI is InChI=1S/C12H23N/c1-10(2)8-13-6-5-11-3-4-12(7-11)9-13/h10-12H,3-9H2,1-2H3. The molecule has 0 aromatic heterocycles. The van der Waals surface area contributed by atoms with Gasteiger partial charge in [0.2, 0.25) is 0 Å². The lowest BCUT2D eigenvalue weighted by molar-refractivity contribution is 0.214. The van der Waals surface area contributed by atoms with Crippen LogP contribution in [-0.4, -0.2) is 24.5 Å². The molecule has 2 fully saturated rings. The van der Waals surface area contributed by atoms with Crippen molar-refractivity contribution in [2.45, 2.75) is 39.5 Å². The molecule has 2 atom stereocenters. The molecule has 0 aromatic rings. The van der Waals surface area contributed by atoms with E-state index in [0.717, 1.165) is 17.8 Å². The Morgan fingerprint density at radius 1 is 1.15 bits per heavy atom. The molecule has 0 amide bonds. The molecule has 0 aromatic carbocycles. The summed E-state index contributed by atoms with van der Waals surface area (Å²) in [5.41, 5.74) is 0. The Balaban J connectivity index is 1.86. The van der Waals surface area contributed by atoms with Gasteiger partial charge < -0.3 is 4.90 Å². The van der Waals surface area contributed by atoms with Crippen molar-refractivity contribution in [1.82, 2.24) is 4.90 Å². The molecule has 2 rings (SSSR count). The average molecular weight is 181 g/mol. The Morgan fingerprint density at radius 2 is 1.92 bits per heavy atom. The van der Waals surface area contributed by atoms with Crippen LogP contribution in [0.4, 0.5) is 0 Å². The topological polar surface area (TPSA) is 3.24 Å². The van der Waals surface area contributed by atoms with Crippen LogP contribution in [0.3, 0.4) is 0 Å². The van der Waals surface area contributed by atoms with Crippen molar-refractivity contribution >= 4 is 0 Å². The van der Waals surface area contributed by atoms with Crippen LogP contribution in [0.1, 0.15) is 39.5 Å². The number of rotatable bonds is 2. The van der Waals surface area contributed by atoms with E-state index in [1.807, 2.05) is 0 Å². The number of nitrogens with zero attached hydrogens (tertiary/aromatic N) is 1. The van der Waals surface area contributed by atoms with Crippen molar-refractivity contribution in [3.8, 4) is 0 Å². The summed E-state index contributed by atoms with van der Waals surface area (Å²) in [6.07, 6.45) is 6.05. The van der Waals surface area contributed by atoms with Crippen LogP contribution in [0, 0.1) is 17.8 Å². The Morgan fingerprint density at radius 3 is 2.69 bits per heavy atom. The number of hydrogen-bond acceptors (Lipinski definition) is 1. The first-order valence-corrected chi connectivity index (χ1v) is 5.96. The van der Waals surface area contributed by atoms with Crippen molar-refractivity contribution in [2.24, 2.45) is 17.8 Å². The lowest BCUT2D eigenvalue weighted by atomic mass is 10.0. The zero-order chi connectivity index (χ0) is 9.26. The van der Waals surface area contributed by atoms with E-state index in [-0.39, 0.29) is 0 Å². The molecule has 1 aliphatic carbocycles. The van der Waals surface area contributed by atoms with Gasteiger partial charge in [-0.2, -0.15) is 0 Å². The Kier molecular flexibility index (Phi) is 2.92. The summed E-state index contributed by atoms with van der Waals surface area (Å²) in [5.74, 6) is 2.98. The quantitative estimate of drug-likeness (QED) is 0.633. The van der Waals surface area contributed by atoms with Gasteiger partial charge in [-0.05, 0) is 43.6 Å². The molecule has 1 saturated carbocycles. The molecule has 2 unspecified atom stereocenters. The fraction of sp³-hybridized carbons (Fsp3) is 1.00. The second-order valence-electron chi connectivity index (χ2n) is 5.49. The van der Waals surface area contributed by atoms with Crippen LogP contribution in [-0.2, 0) is 0 Å². The van der Waals surface area contributed by atoms with Gasteiger partial charge in [0.1, 0.15) is 0 Å². The third-order valence-corrected chi connectivity index (χ3v) is 3.64. The van der Waals surface area contributed by atoms with Gasteiger partial charge in [0.15, 0.2) is 0 Å². The highest BCUT2D eigenvalue weighted by molar-refractivity contribution is 4.82. The third kappa shape index (κ3) is 2.46. The van der Waals surface area contributed by atoms with Gasteiger partial charge in [-0.3, -0.25) is 0 Å². The first kappa shape index (κ1) is 9.51. The highest BCUT2D eigenvalue weighted by Crippen LogP contribution is 2.36. The maximum Gasteiger partial charge on any atom is 0.000987 e. The molecule has 1 aliphatic heterocycles. The molecule has 2 bridgehead atoms. The smallest absolute Gasteiger partial charge is 0.000987 e. The van der Waals surface area contributed by atoms with E-state index in [2.05, 4.69) is 18.7 Å². The zero-order valence-corrected chi connectivity index (χ0v) is 9.13. The summed E-state index contributed by atoms with van der Waals surface area (Å²) in [7, 11) is 0. The van der Waals surface area contributed by atoms with Crippen molar-refractivity contribution in [3.63, 3.8) is 0 Å². The third-order valence-electron chi connectivity index (χ3n) is 3.64. The summed E-state index contributed by atoms with van der Waals surface area (Å²) in [5, 5.41) is 0. The first-order chi connectivity index (χ1) is 6.24. The molecule has 1 heteroatoms. The largest absolute Gasteiger partial charge is 0.303 e. The van der Waals surface area contributed by atoms with Crippen molar-refractivity contribution in [1.29, 1.82) is 0 Å². The average Bonchev–Trinajstić information content (AvgIpc) is 2.36. The van der Waals surface area contributed by atoms with Crippen molar-refractivity contribution < 1.29 is 0 Å². The van der Waals surface area contributed by atoms with Gasteiger partial charge in [0.05, 0.1) is 0 Å². The summed E-state index contributed by atoms with van der Waals surface area (Å²) in [6.45, 7) is 8.77. The van der Waals surface area contributed by atoms with Gasteiger partial charge in [-0.15, -0.1) is 0 Å². The molecule has 76 valence electrons. The minimum Gasteiger partial charge on any atom is -0.303 e. The molecule has 1 nitrogen and oxygen atoms in total. The van der Waals surface area contributed by atoms with E-state index in [9.17, 15) is 0 Å². The van der Waals surface area contributed by atoms with Crippen LogP contribution in [0.25, 0.3) is 0 Å². The van der Waals surface area contributed by atoms with Crippen LogP contribution in [0.5, 0.6) is 0 Å². The molecule has 0 N–H and O–H groups in total. The normalized spacial score (nSPS) is 35.3. The number of hydrogen-bond donors (Lipinski definition) is 0. The molecule has 13 heavy (non-hydrogen) atoms. The van der Waals surface area contributed by atoms with Crippen molar-refractivity contribution in [3.05, 3.63) is 0 Å². The van der Waals surface area contributed by atoms with Gasteiger partial charge in [-0.1, -0.05) is 20.3 Å². The molecular formula is C12H23N. The fourth-order valence-corrected chi connectivity index (χ4v) is 3.11.